The fourth-order valence-electron chi connectivity index (χ4n) is 2.12. The highest BCUT2D eigenvalue weighted by atomic mass is 35.5. The Kier molecular flexibility index (Phi) is 2.53. The van der Waals surface area contributed by atoms with Crippen molar-refractivity contribution in [3.63, 3.8) is 0 Å². The standard InChI is InChI=1S/C11H10ClN3S/c12-8-2-3-9-7(5-8)1-4-10(9)14-11-15-13-6-16-11/h2-3,5-6,10H,1,4H2,(H,14,15). The molecule has 1 unspecified atom stereocenters. The van der Waals surface area contributed by atoms with E-state index in [9.17, 15) is 0 Å². The molecule has 3 rings (SSSR count). The SMILES string of the molecule is Clc1ccc2c(c1)CCC2Nc1nncs1. The van der Waals surface area contributed by atoms with E-state index in [2.05, 4.69) is 27.6 Å². The fourth-order valence-corrected chi connectivity index (χ4v) is 2.81. The van der Waals surface area contributed by atoms with Crippen LogP contribution in [0.3, 0.4) is 0 Å². The Morgan fingerprint density at radius 2 is 2.38 bits per heavy atom. The van der Waals surface area contributed by atoms with Crippen LogP contribution in [0.5, 0.6) is 0 Å². The molecule has 1 aromatic carbocycles. The topological polar surface area (TPSA) is 37.8 Å². The van der Waals surface area contributed by atoms with Gasteiger partial charge in [0.05, 0.1) is 6.04 Å². The molecule has 1 N–H and O–H groups in total. The number of anilines is 1. The second-order valence-electron chi connectivity index (χ2n) is 3.82. The van der Waals surface area contributed by atoms with Crippen molar-refractivity contribution in [1.29, 1.82) is 0 Å². The molecule has 0 saturated heterocycles. The van der Waals surface area contributed by atoms with Gasteiger partial charge in [0.15, 0.2) is 0 Å². The highest BCUT2D eigenvalue weighted by molar-refractivity contribution is 7.13. The van der Waals surface area contributed by atoms with Crippen molar-refractivity contribution in [2.24, 2.45) is 0 Å². The molecule has 82 valence electrons. The summed E-state index contributed by atoms with van der Waals surface area (Å²) in [6.07, 6.45) is 2.17. The van der Waals surface area contributed by atoms with Crippen LogP contribution in [0.4, 0.5) is 5.13 Å². The van der Waals surface area contributed by atoms with E-state index in [1.54, 1.807) is 5.51 Å². The summed E-state index contributed by atoms with van der Waals surface area (Å²) in [6, 6.07) is 6.45. The number of halogens is 1. The van der Waals surface area contributed by atoms with Gasteiger partial charge in [0.1, 0.15) is 5.51 Å². The molecule has 0 saturated carbocycles. The molecule has 1 atom stereocenters. The molecule has 1 aliphatic rings. The first-order valence-corrected chi connectivity index (χ1v) is 6.40. The second-order valence-corrected chi connectivity index (χ2v) is 5.09. The summed E-state index contributed by atoms with van der Waals surface area (Å²) in [6.45, 7) is 0. The molecular weight excluding hydrogens is 242 g/mol. The van der Waals surface area contributed by atoms with Gasteiger partial charge in [-0.3, -0.25) is 0 Å². The summed E-state index contributed by atoms with van der Waals surface area (Å²) in [5.74, 6) is 0. The largest absolute Gasteiger partial charge is 0.353 e. The Hall–Kier alpha value is -1.13. The van der Waals surface area contributed by atoms with Crippen molar-refractivity contribution in [2.45, 2.75) is 18.9 Å². The van der Waals surface area contributed by atoms with Crippen LogP contribution < -0.4 is 5.32 Å². The first kappa shape index (κ1) is 10.1. The lowest BCUT2D eigenvalue weighted by molar-refractivity contribution is 0.758. The van der Waals surface area contributed by atoms with Crippen molar-refractivity contribution in [3.8, 4) is 0 Å². The predicted octanol–water partition coefficient (Wildman–Crippen LogP) is 3.29. The van der Waals surface area contributed by atoms with Crippen molar-refractivity contribution in [3.05, 3.63) is 39.9 Å². The Balaban J connectivity index is 1.86. The average Bonchev–Trinajstić information content (AvgIpc) is 2.89. The summed E-state index contributed by atoms with van der Waals surface area (Å²) < 4.78 is 0. The molecule has 0 spiro atoms. The second kappa shape index (κ2) is 4.03. The summed E-state index contributed by atoms with van der Waals surface area (Å²) in [4.78, 5) is 0. The zero-order chi connectivity index (χ0) is 11.0. The zero-order valence-corrected chi connectivity index (χ0v) is 10.1. The number of benzene rings is 1. The van der Waals surface area contributed by atoms with Gasteiger partial charge < -0.3 is 5.32 Å². The minimum absolute atomic E-state index is 0.347. The van der Waals surface area contributed by atoms with E-state index in [0.717, 1.165) is 23.0 Å². The van der Waals surface area contributed by atoms with Gasteiger partial charge in [-0.05, 0) is 36.1 Å². The number of nitrogens with one attached hydrogen (secondary N) is 1. The molecule has 1 aliphatic carbocycles. The molecule has 1 heterocycles. The minimum atomic E-state index is 0.347. The normalized spacial score (nSPS) is 18.4. The van der Waals surface area contributed by atoms with E-state index in [1.807, 2.05) is 6.07 Å². The van der Waals surface area contributed by atoms with Crippen molar-refractivity contribution in [1.82, 2.24) is 10.2 Å². The maximum absolute atomic E-state index is 5.97. The van der Waals surface area contributed by atoms with Crippen LogP contribution in [-0.2, 0) is 6.42 Å². The van der Waals surface area contributed by atoms with E-state index in [-0.39, 0.29) is 0 Å². The maximum Gasteiger partial charge on any atom is 0.205 e. The van der Waals surface area contributed by atoms with Gasteiger partial charge in [0, 0.05) is 5.02 Å². The number of hydrogen-bond acceptors (Lipinski definition) is 4. The third-order valence-electron chi connectivity index (χ3n) is 2.84. The zero-order valence-electron chi connectivity index (χ0n) is 8.48. The minimum Gasteiger partial charge on any atom is -0.353 e. The number of hydrogen-bond donors (Lipinski definition) is 1. The van der Waals surface area contributed by atoms with Crippen molar-refractivity contribution >= 4 is 28.1 Å². The Bertz CT molecular complexity index is 498. The molecule has 3 nitrogen and oxygen atoms in total. The highest BCUT2D eigenvalue weighted by Crippen LogP contribution is 2.35. The number of nitrogens with zero attached hydrogens (tertiary/aromatic N) is 2. The Morgan fingerprint density at radius 1 is 1.44 bits per heavy atom. The number of fused-ring (bicyclic) bond motifs is 1. The lowest BCUT2D eigenvalue weighted by atomic mass is 10.1. The molecule has 2 aromatic rings. The van der Waals surface area contributed by atoms with Crippen molar-refractivity contribution < 1.29 is 0 Å². The van der Waals surface area contributed by atoms with Gasteiger partial charge in [-0.1, -0.05) is 29.0 Å². The summed E-state index contributed by atoms with van der Waals surface area (Å²) in [5, 5.41) is 12.9. The quantitative estimate of drug-likeness (QED) is 0.890. The molecule has 1 aromatic heterocycles. The molecule has 0 radical (unpaired) electrons. The lowest BCUT2D eigenvalue weighted by Crippen LogP contribution is -2.06. The van der Waals surface area contributed by atoms with E-state index in [4.69, 9.17) is 11.6 Å². The first-order valence-electron chi connectivity index (χ1n) is 5.14. The van der Waals surface area contributed by atoms with Crippen LogP contribution in [-0.4, -0.2) is 10.2 Å². The number of aryl methyl sites for hydroxylation is 1. The van der Waals surface area contributed by atoms with E-state index < -0.39 is 0 Å². The number of aromatic nitrogens is 2. The summed E-state index contributed by atoms with van der Waals surface area (Å²) in [7, 11) is 0. The van der Waals surface area contributed by atoms with E-state index in [1.165, 1.54) is 22.5 Å². The molecule has 16 heavy (non-hydrogen) atoms. The summed E-state index contributed by atoms with van der Waals surface area (Å²) in [5.41, 5.74) is 4.41. The molecule has 0 bridgehead atoms. The maximum atomic E-state index is 5.97. The van der Waals surface area contributed by atoms with Crippen LogP contribution in [0.1, 0.15) is 23.6 Å². The van der Waals surface area contributed by atoms with E-state index >= 15 is 0 Å². The fraction of sp³-hybridized carbons (Fsp3) is 0.273. The lowest BCUT2D eigenvalue weighted by Gasteiger charge is -2.12. The number of rotatable bonds is 2. The molecular formula is C11H10ClN3S. The van der Waals surface area contributed by atoms with Gasteiger partial charge in [-0.15, -0.1) is 10.2 Å². The van der Waals surface area contributed by atoms with Gasteiger partial charge >= 0.3 is 0 Å². The third kappa shape index (κ3) is 1.79. The van der Waals surface area contributed by atoms with Crippen LogP contribution >= 0.6 is 22.9 Å². The van der Waals surface area contributed by atoms with Crippen LogP contribution in [0.25, 0.3) is 0 Å². The monoisotopic (exact) mass is 251 g/mol. The molecule has 0 amide bonds. The van der Waals surface area contributed by atoms with Crippen LogP contribution in [0.15, 0.2) is 23.7 Å². The molecule has 0 fully saturated rings. The first-order chi connectivity index (χ1) is 7.83. The predicted molar refractivity (Wildman–Crippen MR) is 66.0 cm³/mol. The average molecular weight is 252 g/mol. The van der Waals surface area contributed by atoms with E-state index in [0.29, 0.717) is 6.04 Å². The van der Waals surface area contributed by atoms with Gasteiger partial charge in [-0.25, -0.2) is 0 Å². The molecule has 5 heteroatoms. The Labute approximate surface area is 102 Å². The smallest absolute Gasteiger partial charge is 0.205 e. The van der Waals surface area contributed by atoms with Gasteiger partial charge in [0.2, 0.25) is 5.13 Å². The van der Waals surface area contributed by atoms with Crippen LogP contribution in [0.2, 0.25) is 5.02 Å². The van der Waals surface area contributed by atoms with Crippen LogP contribution in [0, 0.1) is 0 Å². The highest BCUT2D eigenvalue weighted by Gasteiger charge is 2.22. The van der Waals surface area contributed by atoms with Crippen molar-refractivity contribution in [2.75, 3.05) is 5.32 Å². The molecule has 0 aliphatic heterocycles. The van der Waals surface area contributed by atoms with Gasteiger partial charge in [-0.2, -0.15) is 0 Å². The summed E-state index contributed by atoms with van der Waals surface area (Å²) >= 11 is 7.50. The van der Waals surface area contributed by atoms with Gasteiger partial charge in [0.25, 0.3) is 0 Å². The Morgan fingerprint density at radius 3 is 3.19 bits per heavy atom. The third-order valence-corrected chi connectivity index (χ3v) is 3.70.